The van der Waals surface area contributed by atoms with Gasteiger partial charge in [-0.2, -0.15) is 0 Å². The number of sulfonamides is 1. The van der Waals surface area contributed by atoms with Gasteiger partial charge in [-0.3, -0.25) is 4.72 Å². The number of pyridine rings is 1. The average molecular weight is 341 g/mol. The summed E-state index contributed by atoms with van der Waals surface area (Å²) in [5.74, 6) is -1.17. The summed E-state index contributed by atoms with van der Waals surface area (Å²) in [6.45, 7) is 1.91. The number of hydrogen-bond donors (Lipinski definition) is 2. The highest BCUT2D eigenvalue weighted by atomic mass is 32.2. The fourth-order valence-electron chi connectivity index (χ4n) is 1.82. The Bertz CT molecular complexity index is 765. The highest BCUT2D eigenvalue weighted by Crippen LogP contribution is 2.21. The Kier molecular flexibility index (Phi) is 5.49. The van der Waals surface area contributed by atoms with Crippen molar-refractivity contribution in [2.75, 3.05) is 15.8 Å². The van der Waals surface area contributed by atoms with E-state index in [-0.39, 0.29) is 17.3 Å². The number of benzene rings is 1. The van der Waals surface area contributed by atoms with Gasteiger partial charge in [-0.15, -0.1) is 0 Å². The largest absolute Gasteiger partial charge is 0.352 e. The summed E-state index contributed by atoms with van der Waals surface area (Å²) in [4.78, 5) is 3.97. The Balaban J connectivity index is 2.05. The Labute approximate surface area is 133 Å². The quantitative estimate of drug-likeness (QED) is 0.806. The normalized spacial score (nSPS) is 11.3. The summed E-state index contributed by atoms with van der Waals surface area (Å²) in [5.41, 5.74) is 0.552. The van der Waals surface area contributed by atoms with Crippen LogP contribution in [-0.4, -0.2) is 19.2 Å². The van der Waals surface area contributed by atoms with Crippen molar-refractivity contribution in [2.45, 2.75) is 19.8 Å². The van der Waals surface area contributed by atoms with Gasteiger partial charge in [-0.05, 0) is 30.7 Å². The van der Waals surface area contributed by atoms with Gasteiger partial charge in [-0.1, -0.05) is 13.3 Å². The SMILES string of the molecule is CCCCS(=O)(=O)Nc1ccc(Nc2ccc(F)cc2F)cn1. The average Bonchev–Trinajstić information content (AvgIpc) is 2.50. The lowest BCUT2D eigenvalue weighted by molar-refractivity contribution is 0.586. The Morgan fingerprint density at radius 3 is 2.57 bits per heavy atom. The van der Waals surface area contributed by atoms with E-state index in [0.29, 0.717) is 12.1 Å². The first-order valence-electron chi connectivity index (χ1n) is 7.08. The van der Waals surface area contributed by atoms with E-state index in [1.54, 1.807) is 6.07 Å². The molecule has 0 fully saturated rings. The maximum Gasteiger partial charge on any atom is 0.233 e. The summed E-state index contributed by atoms with van der Waals surface area (Å²) in [6, 6.07) is 6.19. The van der Waals surface area contributed by atoms with E-state index in [1.807, 2.05) is 6.92 Å². The van der Waals surface area contributed by atoms with Crippen LogP contribution in [0.3, 0.4) is 0 Å². The molecule has 2 aromatic rings. The van der Waals surface area contributed by atoms with Gasteiger partial charge in [0.15, 0.2) is 0 Å². The smallest absolute Gasteiger partial charge is 0.233 e. The molecule has 1 aromatic carbocycles. The van der Waals surface area contributed by atoms with E-state index < -0.39 is 21.7 Å². The van der Waals surface area contributed by atoms with E-state index in [2.05, 4.69) is 15.0 Å². The standard InChI is InChI=1S/C15H17F2N3O2S/c1-2-3-8-23(21,22)20-15-7-5-12(10-18-15)19-14-6-4-11(16)9-13(14)17/h4-7,9-10,19H,2-3,8H2,1H3,(H,18,20). The van der Waals surface area contributed by atoms with Crippen LogP contribution in [0.1, 0.15) is 19.8 Å². The van der Waals surface area contributed by atoms with Gasteiger partial charge in [0.1, 0.15) is 17.5 Å². The zero-order valence-corrected chi connectivity index (χ0v) is 13.3. The van der Waals surface area contributed by atoms with E-state index >= 15 is 0 Å². The highest BCUT2D eigenvalue weighted by molar-refractivity contribution is 7.92. The molecule has 0 unspecified atom stereocenters. The molecule has 0 aliphatic rings. The zero-order valence-electron chi connectivity index (χ0n) is 12.5. The van der Waals surface area contributed by atoms with Crippen LogP contribution in [0.15, 0.2) is 36.5 Å². The van der Waals surface area contributed by atoms with Crippen molar-refractivity contribution in [3.8, 4) is 0 Å². The molecular formula is C15H17F2N3O2S. The molecule has 0 atom stereocenters. The van der Waals surface area contributed by atoms with E-state index in [1.165, 1.54) is 18.3 Å². The summed E-state index contributed by atoms with van der Waals surface area (Å²) < 4.78 is 52.3. The summed E-state index contributed by atoms with van der Waals surface area (Å²) in [7, 11) is -3.41. The molecule has 0 saturated carbocycles. The van der Waals surface area contributed by atoms with E-state index in [9.17, 15) is 17.2 Å². The van der Waals surface area contributed by atoms with Crippen LogP contribution in [0.2, 0.25) is 0 Å². The third-order valence-electron chi connectivity index (χ3n) is 3.00. The van der Waals surface area contributed by atoms with Crippen LogP contribution in [0.5, 0.6) is 0 Å². The molecule has 1 heterocycles. The van der Waals surface area contributed by atoms with Crippen molar-refractivity contribution in [1.82, 2.24) is 4.98 Å². The van der Waals surface area contributed by atoms with Crippen molar-refractivity contribution in [1.29, 1.82) is 0 Å². The molecule has 0 saturated heterocycles. The fraction of sp³-hybridized carbons (Fsp3) is 0.267. The third-order valence-corrected chi connectivity index (χ3v) is 4.35. The third kappa shape index (κ3) is 5.17. The second kappa shape index (κ2) is 7.36. The lowest BCUT2D eigenvalue weighted by atomic mass is 10.3. The van der Waals surface area contributed by atoms with E-state index in [4.69, 9.17) is 0 Å². The van der Waals surface area contributed by atoms with Crippen LogP contribution in [0.25, 0.3) is 0 Å². The molecular weight excluding hydrogens is 324 g/mol. The zero-order chi connectivity index (χ0) is 16.9. The van der Waals surface area contributed by atoms with Crippen molar-refractivity contribution in [3.63, 3.8) is 0 Å². The number of unbranched alkanes of at least 4 members (excludes halogenated alkanes) is 1. The van der Waals surface area contributed by atoms with Crippen molar-refractivity contribution in [2.24, 2.45) is 0 Å². The first-order chi connectivity index (χ1) is 10.9. The molecule has 0 bridgehead atoms. The number of halogens is 2. The van der Waals surface area contributed by atoms with E-state index in [0.717, 1.165) is 18.6 Å². The van der Waals surface area contributed by atoms with Crippen LogP contribution < -0.4 is 10.0 Å². The van der Waals surface area contributed by atoms with Gasteiger partial charge in [0.2, 0.25) is 10.0 Å². The van der Waals surface area contributed by atoms with Crippen molar-refractivity contribution in [3.05, 3.63) is 48.2 Å². The van der Waals surface area contributed by atoms with Gasteiger partial charge in [-0.25, -0.2) is 22.2 Å². The predicted octanol–water partition coefficient (Wildman–Crippen LogP) is 3.65. The summed E-state index contributed by atoms with van der Waals surface area (Å²) in [5, 5.41) is 2.74. The number of nitrogens with zero attached hydrogens (tertiary/aromatic N) is 1. The number of hydrogen-bond acceptors (Lipinski definition) is 4. The minimum Gasteiger partial charge on any atom is -0.352 e. The van der Waals surface area contributed by atoms with Gasteiger partial charge in [0.05, 0.1) is 23.3 Å². The molecule has 0 aliphatic carbocycles. The lowest BCUT2D eigenvalue weighted by Gasteiger charge is -2.09. The number of aromatic nitrogens is 1. The van der Waals surface area contributed by atoms with Gasteiger partial charge < -0.3 is 5.32 Å². The van der Waals surface area contributed by atoms with Gasteiger partial charge in [0.25, 0.3) is 0 Å². The Hall–Kier alpha value is -2.22. The molecule has 8 heteroatoms. The maximum atomic E-state index is 13.5. The maximum absolute atomic E-state index is 13.5. The molecule has 0 spiro atoms. The molecule has 0 amide bonds. The lowest BCUT2D eigenvalue weighted by Crippen LogP contribution is -2.17. The minimum atomic E-state index is -3.41. The monoisotopic (exact) mass is 341 g/mol. The molecule has 0 aliphatic heterocycles. The topological polar surface area (TPSA) is 71.1 Å². The minimum absolute atomic E-state index is 0.0337. The summed E-state index contributed by atoms with van der Waals surface area (Å²) >= 11 is 0. The number of anilines is 3. The molecule has 2 N–H and O–H groups in total. The van der Waals surface area contributed by atoms with Crippen molar-refractivity contribution >= 4 is 27.2 Å². The van der Waals surface area contributed by atoms with Crippen LogP contribution >= 0.6 is 0 Å². The van der Waals surface area contributed by atoms with Crippen LogP contribution in [-0.2, 0) is 10.0 Å². The second-order valence-electron chi connectivity index (χ2n) is 4.96. The molecule has 23 heavy (non-hydrogen) atoms. The number of nitrogens with one attached hydrogen (secondary N) is 2. The first kappa shape index (κ1) is 17.1. The van der Waals surface area contributed by atoms with Crippen molar-refractivity contribution < 1.29 is 17.2 Å². The van der Waals surface area contributed by atoms with Crippen LogP contribution in [0, 0.1) is 11.6 Å². The Morgan fingerprint density at radius 1 is 1.17 bits per heavy atom. The molecule has 5 nitrogen and oxygen atoms in total. The second-order valence-corrected chi connectivity index (χ2v) is 6.80. The number of rotatable bonds is 7. The van der Waals surface area contributed by atoms with Crippen LogP contribution in [0.4, 0.5) is 26.0 Å². The highest BCUT2D eigenvalue weighted by Gasteiger charge is 2.10. The fourth-order valence-corrected chi connectivity index (χ4v) is 3.03. The Morgan fingerprint density at radius 2 is 1.96 bits per heavy atom. The van der Waals surface area contributed by atoms with Gasteiger partial charge in [0, 0.05) is 6.07 Å². The molecule has 124 valence electrons. The molecule has 2 rings (SSSR count). The first-order valence-corrected chi connectivity index (χ1v) is 8.73. The van der Waals surface area contributed by atoms with Gasteiger partial charge >= 0.3 is 0 Å². The molecule has 0 radical (unpaired) electrons. The molecule has 1 aromatic heterocycles. The predicted molar refractivity (Wildman–Crippen MR) is 86.2 cm³/mol. The summed E-state index contributed by atoms with van der Waals surface area (Å²) in [6.07, 6.45) is 2.71.